The standard InChI is InChI=1S/C24H28N6O3/c25-24(26)29-13-5-9-21(23(32)33)30-22(31)20-11-10-16(18-7-1-2-8-19(18)20)14-27-15-17-6-3-4-12-28-17/h1-4,6-8,10-12,21,27H,5,9,13-15H2,(H,30,31)(H,32,33)(H4,25,26,29)/t21-/m0/s1. The number of aliphatic carboxylic acids is 1. The van der Waals surface area contributed by atoms with Crippen LogP contribution < -0.4 is 22.1 Å². The van der Waals surface area contributed by atoms with E-state index in [9.17, 15) is 14.7 Å². The van der Waals surface area contributed by atoms with E-state index in [-0.39, 0.29) is 12.4 Å². The van der Waals surface area contributed by atoms with E-state index in [4.69, 9.17) is 11.5 Å². The lowest BCUT2D eigenvalue weighted by Crippen LogP contribution is -2.41. The Labute approximate surface area is 191 Å². The molecule has 1 aromatic heterocycles. The number of carbonyl (C=O) groups is 2. The van der Waals surface area contributed by atoms with Crippen LogP contribution in [0.25, 0.3) is 10.8 Å². The Bertz CT molecular complexity index is 1130. The van der Waals surface area contributed by atoms with Gasteiger partial charge in [0, 0.05) is 31.4 Å². The lowest BCUT2D eigenvalue weighted by molar-refractivity contribution is -0.139. The van der Waals surface area contributed by atoms with Gasteiger partial charge < -0.3 is 27.2 Å². The number of carboxylic acids is 1. The monoisotopic (exact) mass is 448 g/mol. The summed E-state index contributed by atoms with van der Waals surface area (Å²) in [4.78, 5) is 32.7. The molecule has 3 aromatic rings. The number of hydrogen-bond acceptors (Lipinski definition) is 5. The fourth-order valence-electron chi connectivity index (χ4n) is 3.54. The van der Waals surface area contributed by atoms with Crippen molar-refractivity contribution in [3.05, 3.63) is 77.6 Å². The highest BCUT2D eigenvalue weighted by Gasteiger charge is 2.21. The summed E-state index contributed by atoms with van der Waals surface area (Å²) in [6.45, 7) is 1.52. The van der Waals surface area contributed by atoms with Crippen molar-refractivity contribution in [1.82, 2.24) is 15.6 Å². The third-order valence-electron chi connectivity index (χ3n) is 5.16. The molecule has 0 saturated carbocycles. The van der Waals surface area contributed by atoms with E-state index >= 15 is 0 Å². The molecule has 1 atom stereocenters. The molecule has 0 saturated heterocycles. The zero-order chi connectivity index (χ0) is 23.6. The second-order valence-corrected chi connectivity index (χ2v) is 7.56. The minimum absolute atomic E-state index is 0.0491. The van der Waals surface area contributed by atoms with E-state index in [1.807, 2.05) is 48.5 Å². The number of benzene rings is 2. The Hall–Kier alpha value is -3.98. The molecule has 172 valence electrons. The Morgan fingerprint density at radius 3 is 2.45 bits per heavy atom. The summed E-state index contributed by atoms with van der Waals surface area (Å²) in [5.74, 6) is -1.59. The summed E-state index contributed by atoms with van der Waals surface area (Å²) >= 11 is 0. The first-order valence-corrected chi connectivity index (χ1v) is 10.7. The summed E-state index contributed by atoms with van der Waals surface area (Å²) in [6, 6.07) is 15.9. The van der Waals surface area contributed by atoms with E-state index < -0.39 is 17.9 Å². The quantitative estimate of drug-likeness (QED) is 0.170. The smallest absolute Gasteiger partial charge is 0.326 e. The Morgan fingerprint density at radius 1 is 1.00 bits per heavy atom. The van der Waals surface area contributed by atoms with E-state index in [0.717, 1.165) is 22.0 Å². The molecule has 9 nitrogen and oxygen atoms in total. The number of nitrogens with zero attached hydrogens (tertiary/aromatic N) is 2. The number of fused-ring (bicyclic) bond motifs is 1. The van der Waals surface area contributed by atoms with Gasteiger partial charge in [-0.15, -0.1) is 0 Å². The molecule has 2 aromatic carbocycles. The number of nitrogens with one attached hydrogen (secondary N) is 2. The first-order chi connectivity index (χ1) is 16.0. The van der Waals surface area contributed by atoms with Gasteiger partial charge in [-0.2, -0.15) is 0 Å². The number of aliphatic imine (C=N–C) groups is 1. The van der Waals surface area contributed by atoms with E-state index in [2.05, 4.69) is 20.6 Å². The molecule has 9 heteroatoms. The van der Waals surface area contributed by atoms with Gasteiger partial charge >= 0.3 is 5.97 Å². The predicted molar refractivity (Wildman–Crippen MR) is 128 cm³/mol. The summed E-state index contributed by atoms with van der Waals surface area (Å²) in [6.07, 6.45) is 2.40. The van der Waals surface area contributed by atoms with Gasteiger partial charge in [0.1, 0.15) is 6.04 Å². The molecular weight excluding hydrogens is 420 g/mol. The Balaban J connectivity index is 1.72. The normalized spacial score (nSPS) is 11.6. The summed E-state index contributed by atoms with van der Waals surface area (Å²) in [7, 11) is 0. The number of amides is 1. The number of carboxylic acid groups (broad SMARTS) is 1. The van der Waals surface area contributed by atoms with E-state index in [1.165, 1.54) is 0 Å². The maximum absolute atomic E-state index is 13.0. The highest BCUT2D eigenvalue weighted by atomic mass is 16.4. The lowest BCUT2D eigenvalue weighted by atomic mass is 9.98. The predicted octanol–water partition coefficient (Wildman–Crippen LogP) is 1.76. The van der Waals surface area contributed by atoms with Gasteiger partial charge in [0.05, 0.1) is 5.69 Å². The molecule has 7 N–H and O–H groups in total. The van der Waals surface area contributed by atoms with Crippen molar-refractivity contribution in [1.29, 1.82) is 0 Å². The summed E-state index contributed by atoms with van der Waals surface area (Å²) < 4.78 is 0. The van der Waals surface area contributed by atoms with E-state index in [1.54, 1.807) is 12.3 Å². The van der Waals surface area contributed by atoms with Crippen LogP contribution in [0.15, 0.2) is 65.8 Å². The average molecular weight is 449 g/mol. The lowest BCUT2D eigenvalue weighted by Gasteiger charge is -2.16. The number of pyridine rings is 1. The molecule has 0 aliphatic heterocycles. The highest BCUT2D eigenvalue weighted by molar-refractivity contribution is 6.08. The molecule has 1 amide bonds. The van der Waals surface area contributed by atoms with Crippen LogP contribution in [-0.4, -0.2) is 40.5 Å². The fraction of sp³-hybridized carbons (Fsp3) is 0.250. The van der Waals surface area contributed by atoms with E-state index in [0.29, 0.717) is 31.6 Å². The van der Waals surface area contributed by atoms with Crippen LogP contribution in [-0.2, 0) is 17.9 Å². The van der Waals surface area contributed by atoms with Crippen molar-refractivity contribution < 1.29 is 14.7 Å². The number of hydrogen-bond donors (Lipinski definition) is 5. The largest absolute Gasteiger partial charge is 0.480 e. The van der Waals surface area contributed by atoms with Crippen LogP contribution >= 0.6 is 0 Å². The number of rotatable bonds is 11. The van der Waals surface area contributed by atoms with Gasteiger partial charge in [0.2, 0.25) is 0 Å². The average Bonchev–Trinajstić information content (AvgIpc) is 2.81. The third kappa shape index (κ3) is 6.75. The molecule has 0 unspecified atom stereocenters. The number of nitrogens with two attached hydrogens (primary N) is 2. The van der Waals surface area contributed by atoms with Crippen LogP contribution in [0.2, 0.25) is 0 Å². The van der Waals surface area contributed by atoms with Crippen LogP contribution in [0.3, 0.4) is 0 Å². The van der Waals surface area contributed by atoms with Crippen LogP contribution in [0.1, 0.15) is 34.5 Å². The highest BCUT2D eigenvalue weighted by Crippen LogP contribution is 2.23. The topological polar surface area (TPSA) is 156 Å². The van der Waals surface area contributed by atoms with Gasteiger partial charge in [-0.1, -0.05) is 36.4 Å². The molecular formula is C24H28N6O3. The van der Waals surface area contributed by atoms with Crippen molar-refractivity contribution in [2.75, 3.05) is 6.54 Å². The number of carbonyl (C=O) groups excluding carboxylic acids is 1. The van der Waals surface area contributed by atoms with Crippen LogP contribution in [0.5, 0.6) is 0 Å². The maximum atomic E-state index is 13.0. The molecule has 0 bridgehead atoms. The molecule has 0 radical (unpaired) electrons. The van der Waals surface area contributed by atoms with Gasteiger partial charge in [-0.05, 0) is 47.4 Å². The fourth-order valence-corrected chi connectivity index (χ4v) is 3.54. The summed E-state index contributed by atoms with van der Waals surface area (Å²) in [5, 5.41) is 17.2. The van der Waals surface area contributed by atoms with Crippen molar-refractivity contribution in [3.8, 4) is 0 Å². The second-order valence-electron chi connectivity index (χ2n) is 7.56. The third-order valence-corrected chi connectivity index (χ3v) is 5.16. The first-order valence-electron chi connectivity index (χ1n) is 10.7. The van der Waals surface area contributed by atoms with Crippen LogP contribution in [0.4, 0.5) is 0 Å². The Morgan fingerprint density at radius 2 is 1.76 bits per heavy atom. The zero-order valence-corrected chi connectivity index (χ0v) is 18.2. The van der Waals surface area contributed by atoms with Crippen molar-refractivity contribution in [2.45, 2.75) is 32.0 Å². The van der Waals surface area contributed by atoms with Gasteiger partial charge in [-0.25, -0.2) is 4.79 Å². The van der Waals surface area contributed by atoms with Crippen molar-refractivity contribution >= 4 is 28.6 Å². The van der Waals surface area contributed by atoms with Gasteiger partial charge in [0.15, 0.2) is 5.96 Å². The molecule has 0 aliphatic carbocycles. The first kappa shape index (κ1) is 23.7. The molecule has 0 fully saturated rings. The van der Waals surface area contributed by atoms with Gasteiger partial charge in [0.25, 0.3) is 5.91 Å². The number of guanidine groups is 1. The minimum Gasteiger partial charge on any atom is -0.480 e. The molecule has 3 rings (SSSR count). The zero-order valence-electron chi connectivity index (χ0n) is 18.2. The van der Waals surface area contributed by atoms with Gasteiger partial charge in [-0.3, -0.25) is 14.8 Å². The van der Waals surface area contributed by atoms with Crippen molar-refractivity contribution in [3.63, 3.8) is 0 Å². The minimum atomic E-state index is -1.10. The van der Waals surface area contributed by atoms with Crippen molar-refractivity contribution in [2.24, 2.45) is 16.5 Å². The maximum Gasteiger partial charge on any atom is 0.326 e. The summed E-state index contributed by atoms with van der Waals surface area (Å²) in [5.41, 5.74) is 13.0. The number of aromatic nitrogens is 1. The Kier molecular flexibility index (Phi) is 8.31. The molecule has 33 heavy (non-hydrogen) atoms. The van der Waals surface area contributed by atoms with Crippen LogP contribution in [0, 0.1) is 0 Å². The molecule has 0 spiro atoms. The second kappa shape index (κ2) is 11.6. The molecule has 1 heterocycles. The SMILES string of the molecule is NC(N)=NCCC[C@H](NC(=O)c1ccc(CNCc2ccccn2)c2ccccc12)C(=O)O. The molecule has 0 aliphatic rings.